The average molecular weight is 735 g/mol. The minimum Gasteiger partial charge on any atom is -0.309 e. The lowest BCUT2D eigenvalue weighted by Gasteiger charge is -2.42. The number of benzene rings is 8. The number of nitrogens with zero attached hydrogens (tertiary/aromatic N) is 4. The maximum Gasteiger partial charge on any atom is 0.164 e. The molecule has 0 atom stereocenters. The molecule has 0 N–H and O–H groups in total. The predicted octanol–water partition coefficient (Wildman–Crippen LogP) is 13.8. The lowest BCUT2D eigenvalue weighted by Crippen LogP contribution is -2.33. The van der Waals surface area contributed by atoms with Gasteiger partial charge in [0.2, 0.25) is 0 Å². The van der Waals surface area contributed by atoms with Crippen LogP contribution in [-0.4, -0.2) is 19.5 Å². The summed E-state index contributed by atoms with van der Waals surface area (Å²) in [7, 11) is 0. The van der Waals surface area contributed by atoms with Crippen LogP contribution in [0.4, 0.5) is 0 Å². The molecule has 0 saturated carbocycles. The summed E-state index contributed by atoms with van der Waals surface area (Å²) in [4.78, 5) is 15.5. The van der Waals surface area contributed by atoms with Crippen LogP contribution in [0.15, 0.2) is 158 Å². The molecule has 10 aromatic rings. The minimum absolute atomic E-state index is 0.0778. The zero-order valence-electron chi connectivity index (χ0n) is 32.7. The van der Waals surface area contributed by atoms with E-state index in [4.69, 9.17) is 15.0 Å². The topological polar surface area (TPSA) is 43.6 Å². The average Bonchev–Trinajstić information content (AvgIpc) is 3.59. The van der Waals surface area contributed by atoms with Crippen LogP contribution in [0.2, 0.25) is 0 Å². The van der Waals surface area contributed by atoms with Gasteiger partial charge in [0.15, 0.2) is 17.5 Å². The molecular weight excluding hydrogens is 693 g/mol. The van der Waals surface area contributed by atoms with Crippen LogP contribution in [0, 0.1) is 0 Å². The molecule has 0 radical (unpaired) electrons. The van der Waals surface area contributed by atoms with E-state index in [0.717, 1.165) is 28.8 Å². The van der Waals surface area contributed by atoms with Crippen molar-refractivity contribution in [2.24, 2.45) is 0 Å². The molecule has 11 rings (SSSR count). The highest BCUT2D eigenvalue weighted by molar-refractivity contribution is 6.19. The number of fused-ring (bicyclic) bond motifs is 9. The molecule has 4 heteroatoms. The van der Waals surface area contributed by atoms with Gasteiger partial charge in [-0.2, -0.15) is 0 Å². The molecule has 57 heavy (non-hydrogen) atoms. The monoisotopic (exact) mass is 734 g/mol. The van der Waals surface area contributed by atoms with Crippen molar-refractivity contribution in [2.75, 3.05) is 0 Å². The Labute approximate surface area is 332 Å². The molecule has 0 unspecified atom stereocenters. The summed E-state index contributed by atoms with van der Waals surface area (Å²) < 4.78 is 2.49. The summed E-state index contributed by atoms with van der Waals surface area (Å²) in [5, 5.41) is 9.84. The van der Waals surface area contributed by atoms with Gasteiger partial charge in [-0.15, -0.1) is 0 Å². The van der Waals surface area contributed by atoms with Crippen LogP contribution in [0.25, 0.3) is 94.0 Å². The maximum absolute atomic E-state index is 5.24. The highest BCUT2D eigenvalue weighted by Crippen LogP contribution is 2.49. The van der Waals surface area contributed by atoms with Gasteiger partial charge in [-0.25, -0.2) is 15.0 Å². The Balaban J connectivity index is 1.15. The molecule has 274 valence electrons. The zero-order valence-corrected chi connectivity index (χ0v) is 32.7. The van der Waals surface area contributed by atoms with Gasteiger partial charge in [0.05, 0.1) is 11.0 Å². The van der Waals surface area contributed by atoms with E-state index < -0.39 is 0 Å². The third-order valence-electron chi connectivity index (χ3n) is 12.7. The normalized spacial score (nSPS) is 14.8. The largest absolute Gasteiger partial charge is 0.309 e. The van der Waals surface area contributed by atoms with Gasteiger partial charge in [0.25, 0.3) is 0 Å². The Morgan fingerprint density at radius 3 is 1.68 bits per heavy atom. The zero-order chi connectivity index (χ0) is 38.5. The minimum atomic E-state index is 0.0778. The van der Waals surface area contributed by atoms with Crippen LogP contribution >= 0.6 is 0 Å². The Morgan fingerprint density at radius 1 is 0.404 bits per heavy atom. The second-order valence-electron chi connectivity index (χ2n) is 17.1. The Bertz CT molecular complexity index is 3240. The van der Waals surface area contributed by atoms with Crippen LogP contribution < -0.4 is 0 Å². The number of aromatic nitrogens is 4. The molecule has 1 aliphatic rings. The van der Waals surface area contributed by atoms with Crippen LogP contribution in [0.1, 0.15) is 51.7 Å². The van der Waals surface area contributed by atoms with Gasteiger partial charge in [-0.1, -0.05) is 155 Å². The molecule has 0 amide bonds. The van der Waals surface area contributed by atoms with E-state index in [9.17, 15) is 0 Å². The number of rotatable bonds is 4. The number of hydrogen-bond acceptors (Lipinski definition) is 3. The molecule has 4 nitrogen and oxygen atoms in total. The fraction of sp³-hybridized carbons (Fsp3) is 0.151. The van der Waals surface area contributed by atoms with Gasteiger partial charge < -0.3 is 4.57 Å². The lowest BCUT2D eigenvalue weighted by atomic mass is 9.63. The highest BCUT2D eigenvalue weighted by Gasteiger charge is 2.38. The van der Waals surface area contributed by atoms with E-state index in [1.54, 1.807) is 0 Å². The molecule has 0 spiro atoms. The summed E-state index contributed by atoms with van der Waals surface area (Å²) in [5.41, 5.74) is 9.49. The maximum atomic E-state index is 5.24. The highest BCUT2D eigenvalue weighted by atomic mass is 15.0. The Hall–Kier alpha value is -6.65. The van der Waals surface area contributed by atoms with Gasteiger partial charge in [-0.05, 0) is 92.1 Å². The Kier molecular flexibility index (Phi) is 7.34. The molecular formula is C53H42N4. The van der Waals surface area contributed by atoms with Crippen molar-refractivity contribution in [2.45, 2.75) is 51.4 Å². The van der Waals surface area contributed by atoms with E-state index in [0.29, 0.717) is 17.5 Å². The summed E-state index contributed by atoms with van der Waals surface area (Å²) in [5.74, 6) is 1.95. The molecule has 0 fully saturated rings. The van der Waals surface area contributed by atoms with E-state index in [1.165, 1.54) is 71.7 Å². The first-order chi connectivity index (χ1) is 27.7. The standard InChI is InChI=1S/C53H42N4/c1-52(2)27-28-53(3,4)46-32-47-44(31-45(46)52)42-26-25-34-14-9-11-20-41(34)48(42)57(47)39-18-12-17-37(29-39)50-54-49(36-15-6-5-7-16-36)55-51(56-50)38-24-23-35-22-21-33-13-8-10-19-40(33)43(35)30-38/h5-26,29-32H,27-28H2,1-4H3. The first-order valence-electron chi connectivity index (χ1n) is 20.1. The molecule has 2 heterocycles. The predicted molar refractivity (Wildman–Crippen MR) is 238 cm³/mol. The number of hydrogen-bond donors (Lipinski definition) is 0. The first kappa shape index (κ1) is 33.7. The van der Waals surface area contributed by atoms with Crippen molar-refractivity contribution in [3.8, 4) is 39.9 Å². The summed E-state index contributed by atoms with van der Waals surface area (Å²) in [6.07, 6.45) is 2.34. The molecule has 0 bridgehead atoms. The van der Waals surface area contributed by atoms with E-state index in [2.05, 4.69) is 172 Å². The van der Waals surface area contributed by atoms with Crippen molar-refractivity contribution in [1.82, 2.24) is 19.5 Å². The molecule has 1 aliphatic carbocycles. The van der Waals surface area contributed by atoms with Crippen molar-refractivity contribution in [3.05, 3.63) is 169 Å². The van der Waals surface area contributed by atoms with E-state index in [-0.39, 0.29) is 10.8 Å². The fourth-order valence-electron chi connectivity index (χ4n) is 9.38. The third-order valence-corrected chi connectivity index (χ3v) is 12.7. The smallest absolute Gasteiger partial charge is 0.164 e. The first-order valence-corrected chi connectivity index (χ1v) is 20.1. The van der Waals surface area contributed by atoms with Gasteiger partial charge >= 0.3 is 0 Å². The molecule has 0 saturated heterocycles. The van der Waals surface area contributed by atoms with Crippen molar-refractivity contribution >= 4 is 54.1 Å². The SMILES string of the molecule is CC1(C)CCC(C)(C)c2cc3c(cc21)c1ccc2ccccc2c1n3-c1cccc(-c2nc(-c3ccccc3)nc(-c3ccc4ccc5ccccc5c4c3)n2)c1. The molecule has 8 aromatic carbocycles. The second kappa shape index (κ2) is 12.4. The molecule has 2 aromatic heterocycles. The summed E-state index contributed by atoms with van der Waals surface area (Å²) in [6, 6.07) is 56.9. The summed E-state index contributed by atoms with van der Waals surface area (Å²) in [6.45, 7) is 9.66. The van der Waals surface area contributed by atoms with Gasteiger partial charge in [-0.3, -0.25) is 0 Å². The third kappa shape index (κ3) is 5.38. The lowest BCUT2D eigenvalue weighted by molar-refractivity contribution is 0.332. The fourth-order valence-corrected chi connectivity index (χ4v) is 9.38. The van der Waals surface area contributed by atoms with Crippen molar-refractivity contribution in [3.63, 3.8) is 0 Å². The van der Waals surface area contributed by atoms with Crippen LogP contribution in [0.3, 0.4) is 0 Å². The van der Waals surface area contributed by atoms with Crippen LogP contribution in [0.5, 0.6) is 0 Å². The van der Waals surface area contributed by atoms with E-state index in [1.807, 2.05) is 18.2 Å². The van der Waals surface area contributed by atoms with Gasteiger partial charge in [0, 0.05) is 38.5 Å². The van der Waals surface area contributed by atoms with Crippen molar-refractivity contribution in [1.29, 1.82) is 0 Å². The van der Waals surface area contributed by atoms with E-state index >= 15 is 0 Å². The van der Waals surface area contributed by atoms with Crippen LogP contribution in [-0.2, 0) is 10.8 Å². The quantitative estimate of drug-likeness (QED) is 0.169. The second-order valence-corrected chi connectivity index (χ2v) is 17.1. The van der Waals surface area contributed by atoms with Crippen molar-refractivity contribution < 1.29 is 0 Å². The van der Waals surface area contributed by atoms with Gasteiger partial charge in [0.1, 0.15) is 0 Å². The molecule has 0 aliphatic heterocycles. The Morgan fingerprint density at radius 2 is 0.947 bits per heavy atom. The summed E-state index contributed by atoms with van der Waals surface area (Å²) >= 11 is 0.